The van der Waals surface area contributed by atoms with E-state index in [0.717, 1.165) is 5.56 Å². The van der Waals surface area contributed by atoms with Gasteiger partial charge in [0.15, 0.2) is 0 Å². The molecule has 1 amide bonds. The molecule has 4 nitrogen and oxygen atoms in total. The van der Waals surface area contributed by atoms with Gasteiger partial charge in [0.1, 0.15) is 0 Å². The molecule has 0 heterocycles. The summed E-state index contributed by atoms with van der Waals surface area (Å²) >= 11 is 13.3. The molecule has 0 aliphatic rings. The van der Waals surface area contributed by atoms with Gasteiger partial charge >= 0.3 is 5.97 Å². The Labute approximate surface area is 154 Å². The van der Waals surface area contributed by atoms with E-state index < -0.39 is 5.97 Å². The molecule has 2 rings (SSSR count). The monoisotopic (exact) mass is 383 g/mol. The zero-order chi connectivity index (χ0) is 17.5. The summed E-state index contributed by atoms with van der Waals surface area (Å²) in [4.78, 5) is 23.3. The molecule has 0 atom stereocenters. The zero-order valence-electron chi connectivity index (χ0n) is 12.8. The third-order valence-electron chi connectivity index (χ3n) is 3.08. The van der Waals surface area contributed by atoms with Crippen LogP contribution in [0.15, 0.2) is 42.5 Å². The Balaban J connectivity index is 1.80. The molecule has 0 fully saturated rings. The molecule has 0 saturated carbocycles. The molecule has 0 bridgehead atoms. The van der Waals surface area contributed by atoms with E-state index in [2.05, 4.69) is 10.1 Å². The molecule has 2 aromatic carbocycles. The van der Waals surface area contributed by atoms with Crippen molar-refractivity contribution in [1.29, 1.82) is 0 Å². The highest BCUT2D eigenvalue weighted by molar-refractivity contribution is 7.99. The first kappa shape index (κ1) is 18.6. The lowest BCUT2D eigenvalue weighted by molar-refractivity contribution is -0.113. The fourth-order valence-corrected chi connectivity index (χ4v) is 2.99. The van der Waals surface area contributed by atoms with Gasteiger partial charge in [-0.3, -0.25) is 4.79 Å². The molecular weight excluding hydrogens is 369 g/mol. The number of carbonyl (C=O) groups is 2. The Bertz CT molecular complexity index is 735. The summed E-state index contributed by atoms with van der Waals surface area (Å²) in [6.45, 7) is 0. The van der Waals surface area contributed by atoms with Gasteiger partial charge in [0.25, 0.3) is 0 Å². The maximum atomic E-state index is 11.9. The van der Waals surface area contributed by atoms with Gasteiger partial charge in [-0.1, -0.05) is 29.3 Å². The molecule has 7 heteroatoms. The molecular formula is C17H15Cl2NO3S. The minimum Gasteiger partial charge on any atom is -0.465 e. The van der Waals surface area contributed by atoms with Crippen LogP contribution in [0.3, 0.4) is 0 Å². The number of ether oxygens (including phenoxy) is 1. The van der Waals surface area contributed by atoms with E-state index in [4.69, 9.17) is 23.2 Å². The smallest absolute Gasteiger partial charge is 0.337 e. The summed E-state index contributed by atoms with van der Waals surface area (Å²) in [5.74, 6) is 0.431. The molecule has 0 aliphatic carbocycles. The maximum absolute atomic E-state index is 11.9. The summed E-state index contributed by atoms with van der Waals surface area (Å²) < 4.78 is 4.62. The third-order valence-corrected chi connectivity index (χ3v) is 4.82. The van der Waals surface area contributed by atoms with Crippen molar-refractivity contribution >= 4 is 52.5 Å². The largest absolute Gasteiger partial charge is 0.465 e. The van der Waals surface area contributed by atoms with Crippen LogP contribution in [-0.4, -0.2) is 24.7 Å². The second-order valence-corrected chi connectivity index (χ2v) is 6.66. The molecule has 24 heavy (non-hydrogen) atoms. The second-order valence-electron chi connectivity index (χ2n) is 4.86. The molecule has 0 saturated heterocycles. The Kier molecular flexibility index (Phi) is 6.97. The first-order chi connectivity index (χ1) is 11.5. The Morgan fingerprint density at radius 1 is 1.08 bits per heavy atom. The zero-order valence-corrected chi connectivity index (χ0v) is 15.2. The summed E-state index contributed by atoms with van der Waals surface area (Å²) in [7, 11) is 1.32. The number of hydrogen-bond donors (Lipinski definition) is 1. The van der Waals surface area contributed by atoms with Crippen LogP contribution < -0.4 is 5.32 Å². The first-order valence-corrected chi connectivity index (χ1v) is 8.90. The number of nitrogens with one attached hydrogen (secondary N) is 1. The SMILES string of the molecule is COC(=O)c1ccc(NC(=O)CSCc2ccc(Cl)c(Cl)c2)cc1. The highest BCUT2D eigenvalue weighted by Crippen LogP contribution is 2.24. The lowest BCUT2D eigenvalue weighted by atomic mass is 10.2. The summed E-state index contributed by atoms with van der Waals surface area (Å²) in [6.07, 6.45) is 0. The standard InChI is InChI=1S/C17H15Cl2NO3S/c1-23-17(22)12-3-5-13(6-4-12)20-16(21)10-24-9-11-2-7-14(18)15(19)8-11/h2-8H,9-10H2,1H3,(H,20,21). The lowest BCUT2D eigenvalue weighted by Gasteiger charge is -2.07. The molecule has 0 spiro atoms. The summed E-state index contributed by atoms with van der Waals surface area (Å²) in [6, 6.07) is 11.9. The number of halogens is 2. The molecule has 0 unspecified atom stereocenters. The molecule has 1 N–H and O–H groups in total. The van der Waals surface area contributed by atoms with Gasteiger partial charge in [-0.05, 0) is 42.0 Å². The predicted octanol–water partition coefficient (Wildman–Crippen LogP) is 4.65. The highest BCUT2D eigenvalue weighted by Gasteiger charge is 2.07. The Hall–Kier alpha value is -1.69. The van der Waals surface area contributed by atoms with Gasteiger partial charge in [0.05, 0.1) is 28.5 Å². The maximum Gasteiger partial charge on any atom is 0.337 e. The van der Waals surface area contributed by atoms with Crippen molar-refractivity contribution in [3.05, 3.63) is 63.6 Å². The molecule has 0 aliphatic heterocycles. The van der Waals surface area contributed by atoms with E-state index in [1.807, 2.05) is 6.07 Å². The van der Waals surface area contributed by atoms with Crippen molar-refractivity contribution in [3.63, 3.8) is 0 Å². The first-order valence-electron chi connectivity index (χ1n) is 6.99. The lowest BCUT2D eigenvalue weighted by Crippen LogP contribution is -2.14. The minimum absolute atomic E-state index is 0.120. The van der Waals surface area contributed by atoms with Crippen molar-refractivity contribution in [2.24, 2.45) is 0 Å². The average molecular weight is 384 g/mol. The van der Waals surface area contributed by atoms with Crippen LogP contribution in [0.25, 0.3) is 0 Å². The number of hydrogen-bond acceptors (Lipinski definition) is 4. The number of anilines is 1. The van der Waals surface area contributed by atoms with Crippen LogP contribution in [0.4, 0.5) is 5.69 Å². The quantitative estimate of drug-likeness (QED) is 0.737. The van der Waals surface area contributed by atoms with Crippen LogP contribution in [0, 0.1) is 0 Å². The van der Waals surface area contributed by atoms with Crippen LogP contribution in [0.2, 0.25) is 10.0 Å². The van der Waals surface area contributed by atoms with Crippen LogP contribution in [-0.2, 0) is 15.3 Å². The third kappa shape index (κ3) is 5.44. The number of amides is 1. The minimum atomic E-state index is -0.412. The van der Waals surface area contributed by atoms with E-state index in [0.29, 0.717) is 32.8 Å². The number of thioether (sulfide) groups is 1. The fraction of sp³-hybridized carbons (Fsp3) is 0.176. The molecule has 0 radical (unpaired) electrons. The second kappa shape index (κ2) is 8.97. The van der Waals surface area contributed by atoms with Crippen molar-refractivity contribution in [3.8, 4) is 0 Å². The normalized spacial score (nSPS) is 10.3. The van der Waals surface area contributed by atoms with Crippen LogP contribution in [0.5, 0.6) is 0 Å². The van der Waals surface area contributed by atoms with E-state index >= 15 is 0 Å². The van der Waals surface area contributed by atoms with E-state index in [1.165, 1.54) is 18.9 Å². The predicted molar refractivity (Wildman–Crippen MR) is 99.0 cm³/mol. The van der Waals surface area contributed by atoms with Gasteiger partial charge in [0.2, 0.25) is 5.91 Å². The topological polar surface area (TPSA) is 55.4 Å². The van der Waals surface area contributed by atoms with Crippen LogP contribution >= 0.6 is 35.0 Å². The number of esters is 1. The van der Waals surface area contributed by atoms with Gasteiger partial charge in [-0.2, -0.15) is 0 Å². The Morgan fingerprint density at radius 2 is 1.79 bits per heavy atom. The molecule has 2 aromatic rings. The molecule has 0 aromatic heterocycles. The van der Waals surface area contributed by atoms with Crippen molar-refractivity contribution in [2.75, 3.05) is 18.2 Å². The van der Waals surface area contributed by atoms with E-state index in [9.17, 15) is 9.59 Å². The molecule has 126 valence electrons. The van der Waals surface area contributed by atoms with Crippen molar-refractivity contribution in [1.82, 2.24) is 0 Å². The van der Waals surface area contributed by atoms with Gasteiger partial charge in [-0.15, -0.1) is 11.8 Å². The highest BCUT2D eigenvalue weighted by atomic mass is 35.5. The van der Waals surface area contributed by atoms with Crippen LogP contribution in [0.1, 0.15) is 15.9 Å². The van der Waals surface area contributed by atoms with Gasteiger partial charge in [-0.25, -0.2) is 4.79 Å². The van der Waals surface area contributed by atoms with Crippen molar-refractivity contribution < 1.29 is 14.3 Å². The van der Waals surface area contributed by atoms with Crippen molar-refractivity contribution in [2.45, 2.75) is 5.75 Å². The Morgan fingerprint density at radius 3 is 2.42 bits per heavy atom. The number of rotatable bonds is 6. The average Bonchev–Trinajstić information content (AvgIpc) is 2.58. The number of methoxy groups -OCH3 is 1. The number of benzene rings is 2. The van der Waals surface area contributed by atoms with E-state index in [1.54, 1.807) is 36.4 Å². The fourth-order valence-electron chi connectivity index (χ4n) is 1.90. The van der Waals surface area contributed by atoms with Gasteiger partial charge < -0.3 is 10.1 Å². The summed E-state index contributed by atoms with van der Waals surface area (Å²) in [5.41, 5.74) is 2.07. The summed E-state index contributed by atoms with van der Waals surface area (Å²) in [5, 5.41) is 3.79. The number of carbonyl (C=O) groups excluding carboxylic acids is 2. The van der Waals surface area contributed by atoms with Gasteiger partial charge in [0, 0.05) is 11.4 Å². The van der Waals surface area contributed by atoms with E-state index in [-0.39, 0.29) is 5.91 Å².